The lowest BCUT2D eigenvalue weighted by Gasteiger charge is -2.23. The Hall–Kier alpha value is -1.24. The molecule has 6 heteroatoms. The third-order valence-corrected chi connectivity index (χ3v) is 5.77. The summed E-state index contributed by atoms with van der Waals surface area (Å²) in [6, 6.07) is 4.67. The van der Waals surface area contributed by atoms with E-state index in [0.29, 0.717) is 12.4 Å². The van der Waals surface area contributed by atoms with Gasteiger partial charge in [0.25, 0.3) is 10.9 Å². The normalized spacial score (nSPS) is 48.4. The second-order valence-corrected chi connectivity index (χ2v) is 6.30. The summed E-state index contributed by atoms with van der Waals surface area (Å²) in [5, 5.41) is 18.5. The second kappa shape index (κ2) is 3.40. The molecular weight excluding hydrogens is 248 g/mol. The van der Waals surface area contributed by atoms with E-state index >= 15 is 0 Å². The number of hydrogen-bond acceptors (Lipinski definition) is 5. The molecule has 1 saturated carbocycles. The number of nitriles is 2. The van der Waals surface area contributed by atoms with E-state index in [1.54, 1.807) is 11.8 Å². The molecule has 1 spiro atoms. The van der Waals surface area contributed by atoms with Gasteiger partial charge in [0.2, 0.25) is 0 Å². The molecule has 2 fully saturated rings. The molecular formula is C12H15N4OS+. The second-order valence-electron chi connectivity index (χ2n) is 5.03. The molecule has 3 rings (SSSR count). The summed E-state index contributed by atoms with van der Waals surface area (Å²) >= 11 is 1.57. The summed E-state index contributed by atoms with van der Waals surface area (Å²) in [4.78, 5) is 3.09. The highest BCUT2D eigenvalue weighted by Crippen LogP contribution is 2.77. The molecule has 1 saturated heterocycles. The minimum absolute atomic E-state index is 0.0168. The van der Waals surface area contributed by atoms with Gasteiger partial charge in [-0.1, -0.05) is 25.1 Å². The Morgan fingerprint density at radius 2 is 2.33 bits per heavy atom. The maximum Gasteiger partial charge on any atom is 0.277 e. The summed E-state index contributed by atoms with van der Waals surface area (Å²) in [6.45, 7) is 2.65. The highest BCUT2D eigenvalue weighted by atomic mass is 32.2. The predicted molar refractivity (Wildman–Crippen MR) is 65.8 cm³/mol. The van der Waals surface area contributed by atoms with Crippen molar-refractivity contribution in [2.45, 2.75) is 24.8 Å². The maximum absolute atomic E-state index is 9.70. The van der Waals surface area contributed by atoms with Crippen LogP contribution in [0.3, 0.4) is 0 Å². The van der Waals surface area contributed by atoms with Crippen LogP contribution in [-0.2, 0) is 4.74 Å². The lowest BCUT2D eigenvalue weighted by atomic mass is 9.95. The van der Waals surface area contributed by atoms with Crippen molar-refractivity contribution in [2.24, 2.45) is 22.5 Å². The average molecular weight is 263 g/mol. The van der Waals surface area contributed by atoms with Crippen molar-refractivity contribution >= 4 is 17.6 Å². The first-order chi connectivity index (χ1) is 8.65. The molecule has 18 heavy (non-hydrogen) atoms. The Balaban J connectivity index is 2.14. The number of ether oxygens (including phenoxy) is 1. The summed E-state index contributed by atoms with van der Waals surface area (Å²) in [6.07, 6.45) is 1.76. The quantitative estimate of drug-likeness (QED) is 0.687. The predicted octanol–water partition coefficient (Wildman–Crippen LogP) is -0.695. The van der Waals surface area contributed by atoms with Gasteiger partial charge < -0.3 is 4.74 Å². The minimum Gasteiger partial charge on any atom is -0.327 e. The summed E-state index contributed by atoms with van der Waals surface area (Å²) in [7, 11) is 0. The maximum atomic E-state index is 9.70. The molecule has 0 aromatic rings. The molecule has 1 aliphatic carbocycles. The van der Waals surface area contributed by atoms with E-state index in [2.05, 4.69) is 24.1 Å². The summed E-state index contributed by atoms with van der Waals surface area (Å²) in [5.41, 5.74) is 4.35. The van der Waals surface area contributed by atoms with E-state index in [9.17, 15) is 10.5 Å². The van der Waals surface area contributed by atoms with Gasteiger partial charge in [0.15, 0.2) is 10.8 Å². The minimum atomic E-state index is -0.866. The van der Waals surface area contributed by atoms with Crippen LogP contribution in [0.2, 0.25) is 0 Å². The Kier molecular flexibility index (Phi) is 2.24. The van der Waals surface area contributed by atoms with E-state index in [1.807, 2.05) is 0 Å². The van der Waals surface area contributed by atoms with Crippen LogP contribution < -0.4 is 10.7 Å². The summed E-state index contributed by atoms with van der Waals surface area (Å²) in [5.74, 6) is 1.22. The molecule has 94 valence electrons. The van der Waals surface area contributed by atoms with Gasteiger partial charge >= 0.3 is 0 Å². The molecule has 0 amide bonds. The van der Waals surface area contributed by atoms with Crippen LogP contribution in [0, 0.1) is 39.4 Å². The van der Waals surface area contributed by atoms with Crippen LogP contribution in [0.5, 0.6) is 0 Å². The lowest BCUT2D eigenvalue weighted by Crippen LogP contribution is -2.88. The Morgan fingerprint density at radius 3 is 2.83 bits per heavy atom. The fourth-order valence-electron chi connectivity index (χ4n) is 3.72. The zero-order valence-corrected chi connectivity index (χ0v) is 11.0. The van der Waals surface area contributed by atoms with E-state index in [4.69, 9.17) is 10.5 Å². The van der Waals surface area contributed by atoms with E-state index in [-0.39, 0.29) is 5.92 Å². The molecule has 2 aliphatic heterocycles. The SMILES string of the molecule is CCC[C@@H]1[C@@]2(C#N)[C@@]3([NH+]=C(N)[C@@]12C#N)OCCS3. The molecule has 5 nitrogen and oxygen atoms in total. The number of fused-ring (bicyclic) bond motifs is 2. The number of amidine groups is 1. The van der Waals surface area contributed by atoms with Crippen molar-refractivity contribution in [3.05, 3.63) is 0 Å². The van der Waals surface area contributed by atoms with Crippen molar-refractivity contribution in [3.63, 3.8) is 0 Å². The molecule has 3 N–H and O–H groups in total. The topological polar surface area (TPSA) is 96.8 Å². The third-order valence-electron chi connectivity index (χ3n) is 4.45. The molecule has 3 aliphatic rings. The largest absolute Gasteiger partial charge is 0.327 e. The van der Waals surface area contributed by atoms with Gasteiger partial charge in [0.1, 0.15) is 0 Å². The number of rotatable bonds is 2. The third kappa shape index (κ3) is 0.899. The van der Waals surface area contributed by atoms with E-state index in [1.165, 1.54) is 0 Å². The van der Waals surface area contributed by atoms with Crippen LogP contribution in [0.4, 0.5) is 0 Å². The molecule has 0 aromatic carbocycles. The highest BCUT2D eigenvalue weighted by Gasteiger charge is 2.95. The van der Waals surface area contributed by atoms with Crippen LogP contribution in [0.15, 0.2) is 0 Å². The van der Waals surface area contributed by atoms with Crippen molar-refractivity contribution in [2.75, 3.05) is 12.4 Å². The fraction of sp³-hybridized carbons (Fsp3) is 0.750. The van der Waals surface area contributed by atoms with Gasteiger partial charge in [0.05, 0.1) is 18.7 Å². The molecule has 2 heterocycles. The van der Waals surface area contributed by atoms with E-state index in [0.717, 1.165) is 18.6 Å². The zero-order chi connectivity index (χ0) is 13.0. The number of nitrogens with one attached hydrogen (secondary N) is 1. The van der Waals surface area contributed by atoms with E-state index < -0.39 is 15.9 Å². The smallest absolute Gasteiger partial charge is 0.277 e. The van der Waals surface area contributed by atoms with Crippen LogP contribution in [0.25, 0.3) is 0 Å². The standard InChI is InChI=1S/C12H14N4OS/c1-2-3-8-10(6-13)9(15)16-12(11(8,10)7-14)17-4-5-18-12/h8H,2-5H2,1H3,(H2,15,16)/p+1/t8-,10+,11+,12+/m0/s1. The number of nitrogens with zero attached hydrogens (tertiary/aromatic N) is 2. The number of nitrogens with two attached hydrogens (primary N) is 1. The Labute approximate surface area is 110 Å². The summed E-state index contributed by atoms with van der Waals surface area (Å²) < 4.78 is 5.80. The van der Waals surface area contributed by atoms with Crippen LogP contribution in [0.1, 0.15) is 19.8 Å². The molecule has 4 atom stereocenters. The zero-order valence-electron chi connectivity index (χ0n) is 10.2. The van der Waals surface area contributed by atoms with Gasteiger partial charge in [-0.05, 0) is 6.42 Å². The monoisotopic (exact) mass is 263 g/mol. The molecule has 0 bridgehead atoms. The van der Waals surface area contributed by atoms with Gasteiger partial charge in [-0.2, -0.15) is 10.5 Å². The Bertz CT molecular complexity index is 513. The number of hydrogen-bond donors (Lipinski definition) is 2. The van der Waals surface area contributed by atoms with Crippen molar-refractivity contribution in [1.29, 1.82) is 10.5 Å². The first-order valence-corrected chi connectivity index (χ1v) is 7.15. The van der Waals surface area contributed by atoms with Crippen LogP contribution >= 0.6 is 11.8 Å². The fourth-order valence-corrected chi connectivity index (χ4v) is 5.09. The van der Waals surface area contributed by atoms with Crippen molar-refractivity contribution < 1.29 is 9.73 Å². The Morgan fingerprint density at radius 1 is 1.56 bits per heavy atom. The number of thioether (sulfide) groups is 1. The van der Waals surface area contributed by atoms with Gasteiger partial charge in [-0.25, -0.2) is 4.99 Å². The van der Waals surface area contributed by atoms with Crippen molar-refractivity contribution in [3.8, 4) is 12.1 Å². The first-order valence-electron chi connectivity index (χ1n) is 6.16. The van der Waals surface area contributed by atoms with Crippen LogP contribution in [-0.4, -0.2) is 23.3 Å². The highest BCUT2D eigenvalue weighted by molar-refractivity contribution is 8.00. The molecule has 0 radical (unpaired) electrons. The molecule has 0 aromatic heterocycles. The van der Waals surface area contributed by atoms with Gasteiger partial charge in [-0.15, -0.1) is 0 Å². The van der Waals surface area contributed by atoms with Gasteiger partial charge in [0, 0.05) is 11.7 Å². The van der Waals surface area contributed by atoms with Crippen molar-refractivity contribution in [1.82, 2.24) is 0 Å². The first kappa shape index (κ1) is 11.8. The molecule has 0 unspecified atom stereocenters. The van der Waals surface area contributed by atoms with Gasteiger partial charge in [-0.3, -0.25) is 5.73 Å². The lowest BCUT2D eigenvalue weighted by molar-refractivity contribution is -0.584. The average Bonchev–Trinajstić information content (AvgIpc) is 2.65.